The third-order valence-electron chi connectivity index (χ3n) is 15.4. The fourth-order valence-electron chi connectivity index (χ4n) is 11.9. The fraction of sp³-hybridized carbons (Fsp3) is 0.250. The van der Waals surface area contributed by atoms with E-state index in [1.165, 1.54) is 99.7 Å². The van der Waals surface area contributed by atoms with Gasteiger partial charge in [0, 0.05) is 38.2 Å². The maximum atomic E-state index is 2.57. The second-order valence-electron chi connectivity index (χ2n) is 20.6. The van der Waals surface area contributed by atoms with Gasteiger partial charge in [-0.15, -0.1) is 0 Å². The van der Waals surface area contributed by atoms with E-state index in [1.54, 1.807) is 0 Å². The van der Waals surface area contributed by atoms with Crippen LogP contribution in [0.5, 0.6) is 0 Å². The molecule has 0 N–H and O–H groups in total. The van der Waals surface area contributed by atoms with Gasteiger partial charge in [-0.25, -0.2) is 0 Å². The first kappa shape index (κ1) is 44.0. The number of rotatable bonds is 8. The molecule has 0 saturated carbocycles. The summed E-state index contributed by atoms with van der Waals surface area (Å²) in [6, 6.07) is 52.4. The Morgan fingerprint density at radius 1 is 0.691 bits per heavy atom. The van der Waals surface area contributed by atoms with Gasteiger partial charge in [0.1, 0.15) is 0 Å². The highest BCUT2D eigenvalue weighted by Crippen LogP contribution is 2.57. The van der Waals surface area contributed by atoms with Crippen LogP contribution in [0.2, 0.25) is 0 Å². The average Bonchev–Trinajstić information content (AvgIpc) is 3.73. The van der Waals surface area contributed by atoms with Crippen LogP contribution in [0.1, 0.15) is 102 Å². The number of benzene rings is 6. The predicted molar refractivity (Wildman–Crippen MR) is 292 cm³/mol. The van der Waals surface area contributed by atoms with Crippen LogP contribution in [0.3, 0.4) is 0 Å². The molecule has 2 heterocycles. The van der Waals surface area contributed by atoms with Gasteiger partial charge in [0.05, 0.1) is 34.8 Å². The third-order valence-corrected chi connectivity index (χ3v) is 16.6. The molecule has 3 aliphatic carbocycles. The minimum atomic E-state index is -0.105. The van der Waals surface area contributed by atoms with Gasteiger partial charge in [0.15, 0.2) is 0 Å². The van der Waals surface area contributed by atoms with Crippen molar-refractivity contribution in [2.75, 3.05) is 14.7 Å². The highest BCUT2D eigenvalue weighted by Gasteiger charge is 2.42. The molecule has 5 aliphatic rings. The molecule has 0 fully saturated rings. The van der Waals surface area contributed by atoms with Crippen LogP contribution in [0.25, 0.3) is 17.2 Å². The summed E-state index contributed by atoms with van der Waals surface area (Å²) >= 11 is 1.88. The molecule has 11 rings (SSSR count). The maximum Gasteiger partial charge on any atom is 0.0728 e. The van der Waals surface area contributed by atoms with Crippen LogP contribution < -0.4 is 14.7 Å². The van der Waals surface area contributed by atoms with E-state index in [0.717, 1.165) is 19.3 Å². The molecule has 2 aliphatic heterocycles. The molecule has 68 heavy (non-hydrogen) atoms. The molecule has 6 aromatic carbocycles. The Morgan fingerprint density at radius 2 is 1.34 bits per heavy atom. The summed E-state index contributed by atoms with van der Waals surface area (Å²) in [7, 11) is 0. The lowest BCUT2D eigenvalue weighted by atomic mass is 9.77. The normalized spacial score (nSPS) is 21.7. The Balaban J connectivity index is 0.863. The van der Waals surface area contributed by atoms with E-state index in [4.69, 9.17) is 0 Å². The summed E-state index contributed by atoms with van der Waals surface area (Å²) in [5.41, 5.74) is 21.5. The van der Waals surface area contributed by atoms with Gasteiger partial charge in [-0.3, -0.25) is 0 Å². The molecule has 0 aromatic heterocycles. The largest absolute Gasteiger partial charge is 0.335 e. The SMILES string of the molecule is CC=CC1C(C)N(c2ccc3c(c2)C(C)(C)CC3=CC=C(C=Cc2ccc3c(c2)C(C)(C)C2=C3CC(C)C(N3c4ccccc4Sc4ccccc43)=C2)CC)c2ccccc2N1c1ccccc1. The van der Waals surface area contributed by atoms with Crippen LogP contribution in [0.15, 0.2) is 203 Å². The van der Waals surface area contributed by atoms with Crippen LogP contribution in [0.4, 0.5) is 34.1 Å². The average molecular weight is 906 g/mol. The van der Waals surface area contributed by atoms with E-state index in [2.05, 4.69) is 252 Å². The van der Waals surface area contributed by atoms with Crippen molar-refractivity contribution in [1.29, 1.82) is 0 Å². The van der Waals surface area contributed by atoms with Crippen molar-refractivity contribution in [1.82, 2.24) is 0 Å². The quantitative estimate of drug-likeness (QED) is 0.111. The van der Waals surface area contributed by atoms with Crippen molar-refractivity contribution in [3.8, 4) is 0 Å². The first-order chi connectivity index (χ1) is 33.0. The molecule has 0 spiro atoms. The summed E-state index contributed by atoms with van der Waals surface area (Å²) in [6.45, 7) is 18.9. The predicted octanol–water partition coefficient (Wildman–Crippen LogP) is 17.7. The highest BCUT2D eigenvalue weighted by molar-refractivity contribution is 7.99. The third kappa shape index (κ3) is 7.35. The van der Waals surface area contributed by atoms with Crippen molar-refractivity contribution < 1.29 is 0 Å². The Labute approximate surface area is 409 Å². The zero-order valence-corrected chi connectivity index (χ0v) is 41.7. The molecule has 0 saturated heterocycles. The van der Waals surface area contributed by atoms with Crippen molar-refractivity contribution in [3.05, 3.63) is 221 Å². The Hall–Kier alpha value is -6.49. The van der Waals surface area contributed by atoms with Crippen molar-refractivity contribution in [2.24, 2.45) is 5.92 Å². The molecule has 0 bridgehead atoms. The van der Waals surface area contributed by atoms with Crippen molar-refractivity contribution in [3.63, 3.8) is 0 Å². The Kier molecular flexibility index (Phi) is 11.2. The smallest absolute Gasteiger partial charge is 0.0728 e. The molecular weight excluding hydrogens is 843 g/mol. The zero-order valence-electron chi connectivity index (χ0n) is 40.9. The van der Waals surface area contributed by atoms with Gasteiger partial charge >= 0.3 is 0 Å². The van der Waals surface area contributed by atoms with Crippen LogP contribution in [-0.2, 0) is 10.8 Å². The molecule has 0 radical (unpaired) electrons. The molecular formula is C64H63N3S. The number of hydrogen-bond donors (Lipinski definition) is 0. The number of para-hydroxylation sites is 5. The molecule has 6 aromatic rings. The topological polar surface area (TPSA) is 9.72 Å². The Bertz CT molecular complexity index is 3110. The molecule has 0 amide bonds. The zero-order chi connectivity index (χ0) is 46.9. The first-order valence-electron chi connectivity index (χ1n) is 24.8. The van der Waals surface area contributed by atoms with Crippen LogP contribution in [-0.4, -0.2) is 12.1 Å². The van der Waals surface area contributed by atoms with Gasteiger partial charge in [0.2, 0.25) is 0 Å². The van der Waals surface area contributed by atoms with E-state index in [9.17, 15) is 0 Å². The minimum Gasteiger partial charge on any atom is -0.335 e. The molecule has 3 nitrogen and oxygen atoms in total. The van der Waals surface area contributed by atoms with Gasteiger partial charge < -0.3 is 14.7 Å². The van der Waals surface area contributed by atoms with Crippen LogP contribution >= 0.6 is 11.8 Å². The fourth-order valence-corrected chi connectivity index (χ4v) is 13.0. The molecule has 3 atom stereocenters. The second kappa shape index (κ2) is 17.2. The summed E-state index contributed by atoms with van der Waals surface area (Å²) in [6.07, 6.45) is 19.6. The highest BCUT2D eigenvalue weighted by atomic mass is 32.2. The lowest BCUT2D eigenvalue weighted by molar-refractivity contribution is 0.561. The van der Waals surface area contributed by atoms with Crippen LogP contribution in [0, 0.1) is 5.92 Å². The minimum absolute atomic E-state index is 0.0184. The summed E-state index contributed by atoms with van der Waals surface area (Å²) < 4.78 is 0. The van der Waals surface area contributed by atoms with Gasteiger partial charge in [-0.2, -0.15) is 0 Å². The number of anilines is 6. The monoisotopic (exact) mass is 905 g/mol. The maximum absolute atomic E-state index is 2.57. The number of allylic oxidation sites excluding steroid dienone is 10. The lowest BCUT2D eigenvalue weighted by Crippen LogP contribution is -2.50. The molecule has 3 unspecified atom stereocenters. The van der Waals surface area contributed by atoms with Gasteiger partial charge in [0.25, 0.3) is 0 Å². The van der Waals surface area contributed by atoms with E-state index >= 15 is 0 Å². The standard InChI is InChI=1S/C64H63N3S/c1-9-20-55-43(4)65(56-23-14-15-24-57(56)66(55)47-21-12-11-13-22-47)48-34-36-49-46(41-63(5,6)52(49)39-48)33-31-44(10-2)29-30-45-32-35-50-51-37-42(3)60(40-54(51)64(7,8)53(50)38-45)67-58-25-16-18-27-61(58)68-62-28-19-17-26-59(62)67/h9,11-36,38-40,42-43,55H,10,37,41H2,1-8H3. The Morgan fingerprint density at radius 3 is 2.03 bits per heavy atom. The van der Waals surface area contributed by atoms with Gasteiger partial charge in [-0.1, -0.05) is 169 Å². The molecule has 4 heteroatoms. The lowest BCUT2D eigenvalue weighted by Gasteiger charge is -2.48. The second-order valence-corrected chi connectivity index (χ2v) is 21.7. The number of fused-ring (bicyclic) bond motifs is 6. The first-order valence-corrected chi connectivity index (χ1v) is 25.6. The summed E-state index contributed by atoms with van der Waals surface area (Å²) in [5.74, 6) is 0.378. The van der Waals surface area contributed by atoms with Crippen molar-refractivity contribution >= 4 is 63.1 Å². The number of nitrogens with zero attached hydrogens (tertiary/aromatic N) is 3. The van der Waals surface area contributed by atoms with E-state index in [-0.39, 0.29) is 22.9 Å². The summed E-state index contributed by atoms with van der Waals surface area (Å²) in [4.78, 5) is 10.3. The number of hydrogen-bond acceptors (Lipinski definition) is 4. The van der Waals surface area contributed by atoms with Gasteiger partial charge in [-0.05, 0) is 155 Å². The van der Waals surface area contributed by atoms with E-state index in [0.29, 0.717) is 5.92 Å². The van der Waals surface area contributed by atoms with E-state index < -0.39 is 0 Å². The van der Waals surface area contributed by atoms with Crippen molar-refractivity contribution in [2.45, 2.75) is 107 Å². The van der Waals surface area contributed by atoms with E-state index in [1.807, 2.05) is 11.8 Å². The molecule has 340 valence electrons. The summed E-state index contributed by atoms with van der Waals surface area (Å²) in [5, 5.41) is 0.